The van der Waals surface area contributed by atoms with Crippen molar-refractivity contribution in [2.75, 3.05) is 26.6 Å². The summed E-state index contributed by atoms with van der Waals surface area (Å²) in [4.78, 5) is 0. The summed E-state index contributed by atoms with van der Waals surface area (Å²) in [5.41, 5.74) is -0.986. The van der Waals surface area contributed by atoms with Gasteiger partial charge in [0.2, 0.25) is 0 Å². The average Bonchev–Trinajstić information content (AvgIpc) is 2.19. The Morgan fingerprint density at radius 3 is 1.82 bits per heavy atom. The van der Waals surface area contributed by atoms with E-state index in [0.29, 0.717) is 0 Å². The summed E-state index contributed by atoms with van der Waals surface area (Å²) in [7, 11) is 0.120. The molecule has 1 fully saturated rings. The summed E-state index contributed by atoms with van der Waals surface area (Å²) in [6.07, 6.45) is -4.83. The molecule has 17 heavy (non-hydrogen) atoms. The zero-order chi connectivity index (χ0) is 12.9. The molecule has 0 aromatic carbocycles. The van der Waals surface area contributed by atoms with Gasteiger partial charge in [-0.05, 0) is 13.4 Å². The van der Waals surface area contributed by atoms with E-state index >= 15 is 0 Å². The molecule has 1 aliphatic heterocycles. The van der Waals surface area contributed by atoms with Crippen LogP contribution in [0, 0.1) is 0 Å². The summed E-state index contributed by atoms with van der Waals surface area (Å²) in [6, 6.07) is 0. The van der Waals surface area contributed by atoms with Crippen LogP contribution >= 0.6 is 7.92 Å². The summed E-state index contributed by atoms with van der Waals surface area (Å²) in [5.74, 6) is 0. The minimum Gasteiger partial charge on any atom is -0.759 e. The van der Waals surface area contributed by atoms with Gasteiger partial charge in [-0.2, -0.15) is 0 Å². The van der Waals surface area contributed by atoms with Crippen LogP contribution in [0.2, 0.25) is 0 Å². The molecule has 1 rings (SSSR count). The molecular formula is C9H21AuO5PS+. The van der Waals surface area contributed by atoms with Crippen LogP contribution < -0.4 is 0 Å². The Hall–Kier alpha value is 1.32. The molecule has 1 heterocycles. The Kier molecular flexibility index (Phi) is 12.3. The van der Waals surface area contributed by atoms with Gasteiger partial charge >= 0.3 is 22.4 Å². The molecule has 1 aliphatic rings. The summed E-state index contributed by atoms with van der Waals surface area (Å²) in [5, 5.41) is 36.1. The maximum Gasteiger partial charge on any atom is 1.00 e. The van der Waals surface area contributed by atoms with Crippen molar-refractivity contribution in [3.8, 4) is 0 Å². The molecule has 0 saturated carbocycles. The molecule has 8 heteroatoms. The molecule has 0 spiro atoms. The fourth-order valence-corrected chi connectivity index (χ4v) is 1.37. The Morgan fingerprint density at radius 2 is 1.47 bits per heavy atom. The molecule has 4 N–H and O–H groups in total. The molecule has 1 saturated heterocycles. The Morgan fingerprint density at radius 1 is 1.06 bits per heavy atom. The van der Waals surface area contributed by atoms with E-state index in [-0.39, 0.29) is 30.3 Å². The van der Waals surface area contributed by atoms with E-state index < -0.39 is 36.5 Å². The number of rotatable bonds is 1. The van der Waals surface area contributed by atoms with Crippen LogP contribution in [0.25, 0.3) is 0 Å². The van der Waals surface area contributed by atoms with Crippen molar-refractivity contribution in [3.05, 3.63) is 0 Å². The largest absolute Gasteiger partial charge is 1.00 e. The van der Waals surface area contributed by atoms with E-state index in [2.05, 4.69) is 32.6 Å². The monoisotopic (exact) mass is 469 g/mol. The molecule has 5 nitrogen and oxygen atoms in total. The van der Waals surface area contributed by atoms with Gasteiger partial charge in [0.05, 0.1) is 12.7 Å². The first-order valence-electron chi connectivity index (χ1n) is 5.04. The second-order valence-corrected chi connectivity index (χ2v) is 7.66. The van der Waals surface area contributed by atoms with E-state index in [0.717, 1.165) is 0 Å². The van der Waals surface area contributed by atoms with Crippen molar-refractivity contribution >= 4 is 20.6 Å². The summed E-state index contributed by atoms with van der Waals surface area (Å²) in [6.45, 7) is 6.37. The van der Waals surface area contributed by atoms with Crippen LogP contribution in [0.1, 0.15) is 0 Å². The number of aliphatic hydroxyl groups excluding tert-OH is 4. The third-order valence-corrected chi connectivity index (χ3v) is 2.24. The second-order valence-electron chi connectivity index (χ2n) is 4.20. The zero-order valence-corrected chi connectivity index (χ0v) is 14.0. The van der Waals surface area contributed by atoms with Crippen molar-refractivity contribution in [1.29, 1.82) is 0 Å². The van der Waals surface area contributed by atoms with Crippen LogP contribution in [0.15, 0.2) is 0 Å². The Balaban J connectivity index is 0. The average molecular weight is 469 g/mol. The first-order chi connectivity index (χ1) is 7.31. The fraction of sp³-hybridized carbons (Fsp3) is 1.00. The number of hydrogen-bond donors (Lipinski definition) is 4. The minimum absolute atomic E-state index is 0. The normalized spacial score (nSPS) is 36.9. The summed E-state index contributed by atoms with van der Waals surface area (Å²) < 4.78 is 4.84. The van der Waals surface area contributed by atoms with Gasteiger partial charge in [-0.15, -0.1) is 0 Å². The van der Waals surface area contributed by atoms with E-state index in [9.17, 15) is 5.11 Å². The van der Waals surface area contributed by atoms with Crippen molar-refractivity contribution in [2.45, 2.75) is 29.9 Å². The predicted molar refractivity (Wildman–Crippen MR) is 67.2 cm³/mol. The molecule has 0 bridgehead atoms. The van der Waals surface area contributed by atoms with E-state index in [1.165, 1.54) is 0 Å². The molecule has 5 atom stereocenters. The third-order valence-electron chi connectivity index (χ3n) is 1.85. The first-order valence-corrected chi connectivity index (χ1v) is 8.51. The zero-order valence-electron chi connectivity index (χ0n) is 10.0. The topological polar surface area (TPSA) is 90.2 Å². The van der Waals surface area contributed by atoms with Gasteiger partial charge in [-0.1, -0.05) is 0 Å². The van der Waals surface area contributed by atoms with Crippen molar-refractivity contribution < 1.29 is 47.5 Å². The number of hydrogen-bond acceptors (Lipinski definition) is 6. The third kappa shape index (κ3) is 7.48. The van der Waals surface area contributed by atoms with Gasteiger partial charge in [0.15, 0.2) is 0 Å². The second kappa shape index (κ2) is 10.1. The van der Waals surface area contributed by atoms with E-state index in [1.807, 2.05) is 0 Å². The van der Waals surface area contributed by atoms with Crippen molar-refractivity contribution in [2.24, 2.45) is 0 Å². The van der Waals surface area contributed by atoms with Crippen LogP contribution in [-0.2, 0) is 39.7 Å². The smallest absolute Gasteiger partial charge is 0.759 e. The number of ether oxygens (including phenoxy) is 1. The summed E-state index contributed by atoms with van der Waals surface area (Å²) >= 11 is 4.63. The molecule has 2 unspecified atom stereocenters. The van der Waals surface area contributed by atoms with Gasteiger partial charge < -0.3 is 37.8 Å². The Labute approximate surface area is 124 Å². The molecule has 0 aromatic heterocycles. The maximum atomic E-state index is 9.18. The minimum atomic E-state index is -1.35. The molecule has 0 aliphatic carbocycles. The molecule has 108 valence electrons. The van der Waals surface area contributed by atoms with Gasteiger partial charge in [0.25, 0.3) is 0 Å². The van der Waals surface area contributed by atoms with Crippen molar-refractivity contribution in [3.63, 3.8) is 0 Å². The standard InChI is InChI=1S/C6H12O5S.C3H9P.Au/c7-1-2-3(8)4(9)5(10)6(12)11-2;1-4(2)3;/h2-10,12H,1H2;1-3H3;/q;;+1/t2?,3-,4+,5?,6+;;/m1../s1. The molecular weight excluding hydrogens is 448 g/mol. The van der Waals surface area contributed by atoms with Gasteiger partial charge in [0, 0.05) is 20.0 Å². The van der Waals surface area contributed by atoms with Crippen LogP contribution in [0.4, 0.5) is 0 Å². The predicted octanol–water partition coefficient (Wildman–Crippen LogP) is -1.58. The maximum absolute atomic E-state index is 9.18. The van der Waals surface area contributed by atoms with E-state index in [4.69, 9.17) is 20.1 Å². The Bertz CT molecular complexity index is 193. The SMILES string of the molecule is C[PH+](C)C.OCC1O[C@@H]([S-])C(O)[C@@H](O)[C@@H]1O.[Au+]. The molecule has 0 aromatic rings. The first kappa shape index (κ1) is 20.6. The van der Waals surface area contributed by atoms with E-state index in [1.54, 1.807) is 0 Å². The van der Waals surface area contributed by atoms with Gasteiger partial charge in [0.1, 0.15) is 18.3 Å². The molecule has 0 radical (unpaired) electrons. The quantitative estimate of drug-likeness (QED) is 0.211. The van der Waals surface area contributed by atoms with Crippen molar-refractivity contribution in [1.82, 2.24) is 0 Å². The molecule has 0 amide bonds. The fourth-order valence-electron chi connectivity index (χ4n) is 1.07. The van der Waals surface area contributed by atoms with Crippen LogP contribution in [0.3, 0.4) is 0 Å². The van der Waals surface area contributed by atoms with Gasteiger partial charge in [-0.25, -0.2) is 0 Å². The van der Waals surface area contributed by atoms with Crippen LogP contribution in [0.5, 0.6) is 0 Å². The van der Waals surface area contributed by atoms with Gasteiger partial charge in [-0.3, -0.25) is 0 Å². The van der Waals surface area contributed by atoms with Crippen LogP contribution in [-0.4, -0.2) is 76.9 Å². The number of aliphatic hydroxyl groups is 4.